The summed E-state index contributed by atoms with van der Waals surface area (Å²) in [5.74, 6) is -1.04. The van der Waals surface area contributed by atoms with Gasteiger partial charge in [-0.15, -0.1) is 11.3 Å². The minimum atomic E-state index is -0.941. The monoisotopic (exact) mass is 304 g/mol. The normalized spacial score (nSPS) is 11.9. The van der Waals surface area contributed by atoms with Crippen LogP contribution in [0.4, 0.5) is 5.69 Å². The molecule has 1 aromatic carbocycles. The third-order valence-corrected chi connectivity index (χ3v) is 3.60. The summed E-state index contributed by atoms with van der Waals surface area (Å²) in [5.41, 5.74) is 13.1. The zero-order valence-corrected chi connectivity index (χ0v) is 12.3. The molecule has 0 aliphatic carbocycles. The highest BCUT2D eigenvalue weighted by molar-refractivity contribution is 7.09. The van der Waals surface area contributed by atoms with Gasteiger partial charge in [0, 0.05) is 16.6 Å². The SMILES string of the molecule is Cc1nc(-c2ccc(NC(=O)C(N)CC(N)=O)cc2)cs1. The third kappa shape index (κ3) is 4.11. The minimum absolute atomic E-state index is 0.179. The molecular formula is C14H16N4O2S. The molecule has 0 saturated heterocycles. The molecule has 110 valence electrons. The largest absolute Gasteiger partial charge is 0.370 e. The molecular weight excluding hydrogens is 288 g/mol. The molecule has 7 heteroatoms. The van der Waals surface area contributed by atoms with Crippen molar-refractivity contribution >= 4 is 28.8 Å². The topological polar surface area (TPSA) is 111 Å². The van der Waals surface area contributed by atoms with Gasteiger partial charge in [0.1, 0.15) is 0 Å². The highest BCUT2D eigenvalue weighted by atomic mass is 32.1. The zero-order valence-electron chi connectivity index (χ0n) is 11.5. The molecule has 0 aliphatic heterocycles. The summed E-state index contributed by atoms with van der Waals surface area (Å²) in [6.07, 6.45) is -0.179. The Morgan fingerprint density at radius 1 is 1.33 bits per heavy atom. The lowest BCUT2D eigenvalue weighted by Gasteiger charge is -2.10. The summed E-state index contributed by atoms with van der Waals surface area (Å²) in [4.78, 5) is 26.9. The van der Waals surface area contributed by atoms with Crippen LogP contribution in [0.5, 0.6) is 0 Å². The van der Waals surface area contributed by atoms with E-state index in [1.54, 1.807) is 23.5 Å². The van der Waals surface area contributed by atoms with Crippen molar-refractivity contribution in [2.45, 2.75) is 19.4 Å². The van der Waals surface area contributed by atoms with Crippen LogP contribution in [0.3, 0.4) is 0 Å². The van der Waals surface area contributed by atoms with Crippen molar-refractivity contribution in [1.29, 1.82) is 0 Å². The molecule has 1 atom stereocenters. The van der Waals surface area contributed by atoms with Gasteiger partial charge in [0.15, 0.2) is 0 Å². The van der Waals surface area contributed by atoms with Crippen molar-refractivity contribution in [3.8, 4) is 11.3 Å². The van der Waals surface area contributed by atoms with Crippen molar-refractivity contribution in [2.75, 3.05) is 5.32 Å². The maximum absolute atomic E-state index is 11.8. The second kappa shape index (κ2) is 6.47. The molecule has 2 aromatic rings. The Labute approximate surface area is 126 Å². The first-order chi connectivity index (χ1) is 9.95. The molecule has 0 saturated carbocycles. The number of nitrogens with two attached hydrogens (primary N) is 2. The van der Waals surface area contributed by atoms with Crippen molar-refractivity contribution < 1.29 is 9.59 Å². The number of aryl methyl sites for hydroxylation is 1. The van der Waals surface area contributed by atoms with Gasteiger partial charge in [-0.25, -0.2) is 4.98 Å². The molecule has 6 nitrogen and oxygen atoms in total. The van der Waals surface area contributed by atoms with E-state index >= 15 is 0 Å². The smallest absolute Gasteiger partial charge is 0.241 e. The number of carbonyl (C=O) groups excluding carboxylic acids is 2. The van der Waals surface area contributed by atoms with E-state index in [4.69, 9.17) is 11.5 Å². The number of amides is 2. The third-order valence-electron chi connectivity index (χ3n) is 2.83. The van der Waals surface area contributed by atoms with Crippen molar-refractivity contribution in [2.24, 2.45) is 11.5 Å². The lowest BCUT2D eigenvalue weighted by Crippen LogP contribution is -2.38. The second-order valence-electron chi connectivity index (χ2n) is 4.60. The molecule has 1 aromatic heterocycles. The van der Waals surface area contributed by atoms with Gasteiger partial charge >= 0.3 is 0 Å². The number of nitrogens with zero attached hydrogens (tertiary/aromatic N) is 1. The number of aromatic nitrogens is 1. The lowest BCUT2D eigenvalue weighted by molar-refractivity contribution is -0.123. The standard InChI is InChI=1S/C14H16N4O2S/c1-8-17-12(7-21-8)9-2-4-10(5-3-9)18-14(20)11(15)6-13(16)19/h2-5,7,11H,6,15H2,1H3,(H2,16,19)(H,18,20). The number of nitrogens with one attached hydrogen (secondary N) is 1. The molecule has 1 heterocycles. The molecule has 1 unspecified atom stereocenters. The predicted molar refractivity (Wildman–Crippen MR) is 82.7 cm³/mol. The summed E-state index contributed by atoms with van der Waals surface area (Å²) in [6.45, 7) is 1.95. The van der Waals surface area contributed by atoms with Gasteiger partial charge in [-0.2, -0.15) is 0 Å². The number of primary amides is 1. The average molecular weight is 304 g/mol. The van der Waals surface area contributed by atoms with E-state index < -0.39 is 17.9 Å². The van der Waals surface area contributed by atoms with Gasteiger partial charge in [-0.3, -0.25) is 9.59 Å². The maximum Gasteiger partial charge on any atom is 0.241 e. The molecule has 21 heavy (non-hydrogen) atoms. The van der Waals surface area contributed by atoms with Gasteiger partial charge in [-0.1, -0.05) is 12.1 Å². The Bertz CT molecular complexity index is 651. The Morgan fingerprint density at radius 2 is 2.00 bits per heavy atom. The highest BCUT2D eigenvalue weighted by Crippen LogP contribution is 2.23. The van der Waals surface area contributed by atoms with Gasteiger partial charge in [0.05, 0.1) is 23.2 Å². The summed E-state index contributed by atoms with van der Waals surface area (Å²) in [7, 11) is 0. The number of rotatable bonds is 5. The van der Waals surface area contributed by atoms with E-state index in [1.165, 1.54) is 0 Å². The maximum atomic E-state index is 11.8. The van der Waals surface area contributed by atoms with Gasteiger partial charge in [0.2, 0.25) is 11.8 Å². The number of anilines is 1. The van der Waals surface area contributed by atoms with Crippen molar-refractivity contribution in [3.05, 3.63) is 34.7 Å². The molecule has 0 aliphatic rings. The number of thiazole rings is 1. The lowest BCUT2D eigenvalue weighted by atomic mass is 10.1. The van der Waals surface area contributed by atoms with Crippen LogP contribution in [0.25, 0.3) is 11.3 Å². The van der Waals surface area contributed by atoms with E-state index in [-0.39, 0.29) is 6.42 Å². The Morgan fingerprint density at radius 3 is 2.52 bits per heavy atom. The van der Waals surface area contributed by atoms with E-state index in [0.29, 0.717) is 5.69 Å². The second-order valence-corrected chi connectivity index (χ2v) is 5.66. The first-order valence-corrected chi connectivity index (χ1v) is 7.21. The van der Waals surface area contributed by atoms with Crippen LogP contribution < -0.4 is 16.8 Å². The number of hydrogen-bond acceptors (Lipinski definition) is 5. The van der Waals surface area contributed by atoms with Gasteiger partial charge in [0.25, 0.3) is 0 Å². The van der Waals surface area contributed by atoms with Gasteiger partial charge < -0.3 is 16.8 Å². The molecule has 0 bridgehead atoms. The summed E-state index contributed by atoms with van der Waals surface area (Å²) >= 11 is 1.58. The van der Waals surface area contributed by atoms with E-state index in [0.717, 1.165) is 16.3 Å². The Kier molecular flexibility index (Phi) is 4.66. The Balaban J connectivity index is 2.02. The van der Waals surface area contributed by atoms with E-state index in [1.807, 2.05) is 24.4 Å². The number of carbonyl (C=O) groups is 2. The zero-order chi connectivity index (χ0) is 15.4. The van der Waals surface area contributed by atoms with Crippen molar-refractivity contribution in [1.82, 2.24) is 4.98 Å². The summed E-state index contributed by atoms with van der Waals surface area (Å²) in [5, 5.41) is 5.62. The van der Waals surface area contributed by atoms with Crippen LogP contribution in [0.15, 0.2) is 29.6 Å². The first kappa shape index (κ1) is 15.1. The fourth-order valence-electron chi connectivity index (χ4n) is 1.76. The average Bonchev–Trinajstić information content (AvgIpc) is 2.85. The molecule has 0 radical (unpaired) electrons. The highest BCUT2D eigenvalue weighted by Gasteiger charge is 2.16. The minimum Gasteiger partial charge on any atom is -0.370 e. The van der Waals surface area contributed by atoms with Crippen LogP contribution in [-0.2, 0) is 9.59 Å². The fraction of sp³-hybridized carbons (Fsp3) is 0.214. The van der Waals surface area contributed by atoms with Crippen LogP contribution in [0.1, 0.15) is 11.4 Å². The van der Waals surface area contributed by atoms with Crippen LogP contribution in [0.2, 0.25) is 0 Å². The van der Waals surface area contributed by atoms with E-state index in [2.05, 4.69) is 10.3 Å². The molecule has 0 fully saturated rings. The summed E-state index contributed by atoms with van der Waals surface area (Å²) < 4.78 is 0. The molecule has 2 amide bonds. The number of hydrogen-bond donors (Lipinski definition) is 3. The molecule has 5 N–H and O–H groups in total. The van der Waals surface area contributed by atoms with E-state index in [9.17, 15) is 9.59 Å². The van der Waals surface area contributed by atoms with Gasteiger partial charge in [-0.05, 0) is 19.1 Å². The predicted octanol–water partition coefficient (Wildman–Crippen LogP) is 1.26. The quantitative estimate of drug-likeness (QED) is 0.772. The van der Waals surface area contributed by atoms with Crippen molar-refractivity contribution in [3.63, 3.8) is 0 Å². The van der Waals surface area contributed by atoms with Crippen LogP contribution in [-0.4, -0.2) is 22.8 Å². The molecule has 2 rings (SSSR count). The Hall–Kier alpha value is -2.25. The number of benzene rings is 1. The fourth-order valence-corrected chi connectivity index (χ4v) is 2.39. The first-order valence-electron chi connectivity index (χ1n) is 6.33. The summed E-state index contributed by atoms with van der Waals surface area (Å²) in [6, 6.07) is 6.31. The van der Waals surface area contributed by atoms with Crippen LogP contribution in [0, 0.1) is 6.92 Å². The van der Waals surface area contributed by atoms with Crippen LogP contribution >= 0.6 is 11.3 Å². The molecule has 0 spiro atoms.